The molecule has 1 aliphatic rings. The van der Waals surface area contributed by atoms with Crippen LogP contribution in [0.5, 0.6) is 5.75 Å². The molecule has 2 N–H and O–H groups in total. The molecule has 1 aromatic rings. The molecule has 0 saturated heterocycles. The van der Waals surface area contributed by atoms with E-state index in [1.807, 2.05) is 25.1 Å². The Labute approximate surface area is 126 Å². The maximum Gasteiger partial charge on any atom is 0.215 e. The molecule has 1 atom stereocenters. The minimum absolute atomic E-state index is 0.0618. The number of aliphatic hydroxyl groups excluding tert-OH is 1. The number of rotatable bonds is 8. The second-order valence-corrected chi connectivity index (χ2v) is 7.37. The summed E-state index contributed by atoms with van der Waals surface area (Å²) in [7, 11) is -3.36. The van der Waals surface area contributed by atoms with Crippen LogP contribution < -0.4 is 9.46 Å². The number of nitrogens with one attached hydrogen (secondary N) is 1. The molecule has 0 bridgehead atoms. The molecule has 1 saturated carbocycles. The normalized spacial score (nSPS) is 23.3. The van der Waals surface area contributed by atoms with E-state index < -0.39 is 10.0 Å². The summed E-state index contributed by atoms with van der Waals surface area (Å²) in [5, 5.41) is 9.33. The van der Waals surface area contributed by atoms with Gasteiger partial charge in [-0.2, -0.15) is 0 Å². The van der Waals surface area contributed by atoms with Crippen molar-refractivity contribution in [1.29, 1.82) is 0 Å². The van der Waals surface area contributed by atoms with Gasteiger partial charge in [0.1, 0.15) is 12.4 Å². The summed E-state index contributed by atoms with van der Waals surface area (Å²) in [5.74, 6) is 0.852. The van der Waals surface area contributed by atoms with Gasteiger partial charge in [0.15, 0.2) is 0 Å². The molecule has 118 valence electrons. The molecule has 2 rings (SSSR count). The van der Waals surface area contributed by atoms with Crippen molar-refractivity contribution >= 4 is 10.0 Å². The van der Waals surface area contributed by atoms with Crippen LogP contribution in [0.4, 0.5) is 0 Å². The van der Waals surface area contributed by atoms with E-state index in [0.29, 0.717) is 18.6 Å². The van der Waals surface area contributed by atoms with Crippen molar-refractivity contribution < 1.29 is 18.3 Å². The van der Waals surface area contributed by atoms with Crippen molar-refractivity contribution in [2.75, 3.05) is 12.4 Å². The molecule has 0 amide bonds. The van der Waals surface area contributed by atoms with E-state index in [9.17, 15) is 13.5 Å². The van der Waals surface area contributed by atoms with Gasteiger partial charge in [-0.25, -0.2) is 13.1 Å². The van der Waals surface area contributed by atoms with E-state index in [-0.39, 0.29) is 30.4 Å². The van der Waals surface area contributed by atoms with Gasteiger partial charge in [0.05, 0.1) is 11.9 Å². The Balaban J connectivity index is 1.78. The Kier molecular flexibility index (Phi) is 5.61. The number of hydrogen-bond donors (Lipinski definition) is 2. The van der Waals surface area contributed by atoms with E-state index in [1.165, 1.54) is 0 Å². The molecule has 1 aliphatic carbocycles. The predicted octanol–water partition coefficient (Wildman–Crippen LogP) is 1.53. The van der Waals surface area contributed by atoms with Gasteiger partial charge in [-0.1, -0.05) is 25.1 Å². The Morgan fingerprint density at radius 3 is 2.57 bits per heavy atom. The molecule has 6 heteroatoms. The first-order chi connectivity index (χ1) is 10.00. The number of benzene rings is 1. The lowest BCUT2D eigenvalue weighted by molar-refractivity contribution is 0.0277. The Bertz CT molecular complexity index is 526. The minimum atomic E-state index is -3.36. The highest BCUT2D eigenvalue weighted by Crippen LogP contribution is 2.31. The number of para-hydroxylation sites is 1. The van der Waals surface area contributed by atoms with Crippen molar-refractivity contribution in [2.24, 2.45) is 5.92 Å². The highest BCUT2D eigenvalue weighted by molar-refractivity contribution is 7.89. The van der Waals surface area contributed by atoms with Gasteiger partial charge in [0, 0.05) is 6.04 Å². The molecule has 0 aliphatic heterocycles. The van der Waals surface area contributed by atoms with Crippen LogP contribution >= 0.6 is 0 Å². The summed E-state index contributed by atoms with van der Waals surface area (Å²) in [6, 6.07) is 9.07. The molecule has 21 heavy (non-hydrogen) atoms. The first kappa shape index (κ1) is 16.3. The molecule has 0 spiro atoms. The van der Waals surface area contributed by atoms with Crippen LogP contribution in [-0.2, 0) is 10.0 Å². The number of hydrogen-bond acceptors (Lipinski definition) is 4. The van der Waals surface area contributed by atoms with Crippen LogP contribution in [0.15, 0.2) is 30.3 Å². The molecule has 0 heterocycles. The van der Waals surface area contributed by atoms with Gasteiger partial charge in [-0.3, -0.25) is 0 Å². The zero-order valence-electron chi connectivity index (χ0n) is 12.2. The lowest BCUT2D eigenvalue weighted by atomic mass is 9.77. The van der Waals surface area contributed by atoms with Gasteiger partial charge in [0.25, 0.3) is 0 Å². The third kappa shape index (κ3) is 4.98. The average Bonchev–Trinajstić information content (AvgIpc) is 2.43. The second-order valence-electron chi connectivity index (χ2n) is 5.50. The topological polar surface area (TPSA) is 75.6 Å². The van der Waals surface area contributed by atoms with Crippen LogP contribution in [0, 0.1) is 5.92 Å². The van der Waals surface area contributed by atoms with E-state index in [4.69, 9.17) is 4.74 Å². The summed E-state index contributed by atoms with van der Waals surface area (Å²) in [6.07, 6.45) is 1.83. The van der Waals surface area contributed by atoms with Crippen LogP contribution in [0.2, 0.25) is 0 Å². The van der Waals surface area contributed by atoms with Gasteiger partial charge in [-0.15, -0.1) is 0 Å². The number of sulfonamides is 1. The SMILES string of the molecule is CCC(NS(=O)(=O)CCOc1ccccc1)C1CC(O)C1. The molecular formula is C15H23NO4S. The maximum atomic E-state index is 12.1. The van der Waals surface area contributed by atoms with E-state index in [0.717, 1.165) is 6.42 Å². The van der Waals surface area contributed by atoms with Crippen LogP contribution in [0.25, 0.3) is 0 Å². The molecule has 1 unspecified atom stereocenters. The summed E-state index contributed by atoms with van der Waals surface area (Å²) >= 11 is 0. The summed E-state index contributed by atoms with van der Waals surface area (Å²) in [4.78, 5) is 0. The van der Waals surface area contributed by atoms with Gasteiger partial charge in [-0.05, 0) is 37.3 Å². The molecule has 1 aromatic carbocycles. The summed E-state index contributed by atoms with van der Waals surface area (Å²) < 4.78 is 32.3. The first-order valence-electron chi connectivity index (χ1n) is 7.36. The van der Waals surface area contributed by atoms with Crippen LogP contribution in [0.1, 0.15) is 26.2 Å². The third-order valence-electron chi connectivity index (χ3n) is 3.85. The average molecular weight is 313 g/mol. The van der Waals surface area contributed by atoms with E-state index in [2.05, 4.69) is 4.72 Å². The highest BCUT2D eigenvalue weighted by Gasteiger charge is 2.34. The maximum absolute atomic E-state index is 12.1. The fourth-order valence-corrected chi connectivity index (χ4v) is 3.79. The lowest BCUT2D eigenvalue weighted by Crippen LogP contribution is -2.47. The fourth-order valence-electron chi connectivity index (χ4n) is 2.55. The summed E-state index contributed by atoms with van der Waals surface area (Å²) in [6.45, 7) is 2.08. The zero-order valence-corrected chi connectivity index (χ0v) is 13.1. The number of aliphatic hydroxyl groups is 1. The minimum Gasteiger partial charge on any atom is -0.492 e. The molecular weight excluding hydrogens is 290 g/mol. The summed E-state index contributed by atoms with van der Waals surface area (Å²) in [5.41, 5.74) is 0. The quantitative estimate of drug-likeness (QED) is 0.763. The van der Waals surface area contributed by atoms with Gasteiger partial charge < -0.3 is 9.84 Å². The Hall–Kier alpha value is -1.11. The molecule has 5 nitrogen and oxygen atoms in total. The smallest absolute Gasteiger partial charge is 0.215 e. The van der Waals surface area contributed by atoms with Crippen LogP contribution in [0.3, 0.4) is 0 Å². The van der Waals surface area contributed by atoms with Crippen LogP contribution in [-0.4, -0.2) is 38.0 Å². The van der Waals surface area contributed by atoms with Gasteiger partial charge >= 0.3 is 0 Å². The Morgan fingerprint density at radius 1 is 1.33 bits per heavy atom. The predicted molar refractivity (Wildman–Crippen MR) is 81.7 cm³/mol. The zero-order chi connectivity index (χ0) is 15.3. The fraction of sp³-hybridized carbons (Fsp3) is 0.600. The largest absolute Gasteiger partial charge is 0.492 e. The van der Waals surface area contributed by atoms with Crippen molar-refractivity contribution in [3.8, 4) is 5.75 Å². The standard InChI is InChI=1S/C15H23NO4S/c1-2-15(12-10-13(17)11-12)16-21(18,19)9-8-20-14-6-4-3-5-7-14/h3-7,12-13,15-17H,2,8-11H2,1H3. The van der Waals surface area contributed by atoms with Crippen molar-refractivity contribution in [1.82, 2.24) is 4.72 Å². The lowest BCUT2D eigenvalue weighted by Gasteiger charge is -2.37. The van der Waals surface area contributed by atoms with E-state index >= 15 is 0 Å². The molecule has 1 fully saturated rings. The highest BCUT2D eigenvalue weighted by atomic mass is 32.2. The third-order valence-corrected chi connectivity index (χ3v) is 5.22. The molecule has 0 aromatic heterocycles. The van der Waals surface area contributed by atoms with Crippen molar-refractivity contribution in [3.05, 3.63) is 30.3 Å². The van der Waals surface area contributed by atoms with Gasteiger partial charge in [0.2, 0.25) is 10.0 Å². The second kappa shape index (κ2) is 7.24. The van der Waals surface area contributed by atoms with E-state index in [1.54, 1.807) is 12.1 Å². The Morgan fingerprint density at radius 2 is 2.00 bits per heavy atom. The number of ether oxygens (including phenoxy) is 1. The van der Waals surface area contributed by atoms with Crippen molar-refractivity contribution in [3.63, 3.8) is 0 Å². The molecule has 0 radical (unpaired) electrons. The first-order valence-corrected chi connectivity index (χ1v) is 9.01. The van der Waals surface area contributed by atoms with Crippen molar-refractivity contribution in [2.45, 2.75) is 38.3 Å². The monoisotopic (exact) mass is 313 g/mol.